The summed E-state index contributed by atoms with van der Waals surface area (Å²) in [6.45, 7) is 5.90. The summed E-state index contributed by atoms with van der Waals surface area (Å²) in [5, 5.41) is 3.61. The highest BCUT2D eigenvalue weighted by atomic mass is 15.3. The van der Waals surface area contributed by atoms with Crippen molar-refractivity contribution in [1.82, 2.24) is 10.2 Å². The molecule has 2 aliphatic rings. The molecule has 0 aromatic heterocycles. The van der Waals surface area contributed by atoms with E-state index in [1.54, 1.807) is 0 Å². The molecule has 0 bridgehead atoms. The summed E-state index contributed by atoms with van der Waals surface area (Å²) >= 11 is 0. The van der Waals surface area contributed by atoms with E-state index in [1.807, 2.05) is 0 Å². The molecule has 18 heavy (non-hydrogen) atoms. The van der Waals surface area contributed by atoms with Crippen LogP contribution >= 0.6 is 0 Å². The minimum Gasteiger partial charge on any atom is -0.315 e. The zero-order valence-corrected chi connectivity index (χ0v) is 11.4. The van der Waals surface area contributed by atoms with Gasteiger partial charge in [-0.2, -0.15) is 0 Å². The first kappa shape index (κ1) is 12.2. The molecular formula is C16H24N2. The van der Waals surface area contributed by atoms with Crippen LogP contribution in [-0.4, -0.2) is 29.6 Å². The van der Waals surface area contributed by atoms with Crippen LogP contribution in [0.4, 0.5) is 0 Å². The molecule has 2 atom stereocenters. The lowest BCUT2D eigenvalue weighted by molar-refractivity contribution is 0.0714. The molecule has 1 N–H and O–H groups in total. The molecule has 2 saturated heterocycles. The predicted molar refractivity (Wildman–Crippen MR) is 75.5 cm³/mol. The Morgan fingerprint density at radius 1 is 1.28 bits per heavy atom. The van der Waals surface area contributed by atoms with E-state index >= 15 is 0 Å². The first-order chi connectivity index (χ1) is 8.80. The Kier molecular flexibility index (Phi) is 3.40. The molecule has 0 aliphatic carbocycles. The van der Waals surface area contributed by atoms with Gasteiger partial charge in [0.2, 0.25) is 0 Å². The van der Waals surface area contributed by atoms with Gasteiger partial charge in [0.15, 0.2) is 0 Å². The minimum atomic E-state index is 0.438. The molecule has 2 unspecified atom stereocenters. The van der Waals surface area contributed by atoms with Gasteiger partial charge >= 0.3 is 0 Å². The number of hydrogen-bond donors (Lipinski definition) is 1. The van der Waals surface area contributed by atoms with Crippen molar-refractivity contribution in [2.24, 2.45) is 0 Å². The van der Waals surface area contributed by atoms with Crippen molar-refractivity contribution in [3.05, 3.63) is 35.9 Å². The summed E-state index contributed by atoms with van der Waals surface area (Å²) in [5.41, 5.74) is 1.89. The number of rotatable bonds is 2. The number of nitrogens with one attached hydrogen (secondary N) is 1. The number of hydrogen-bond acceptors (Lipinski definition) is 2. The molecule has 2 heteroatoms. The highest BCUT2D eigenvalue weighted by molar-refractivity contribution is 5.16. The monoisotopic (exact) mass is 244 g/mol. The van der Waals surface area contributed by atoms with Crippen LogP contribution in [0.3, 0.4) is 0 Å². The summed E-state index contributed by atoms with van der Waals surface area (Å²) in [5.74, 6) is 0. The molecule has 2 nitrogen and oxygen atoms in total. The van der Waals surface area contributed by atoms with Crippen molar-refractivity contribution in [2.45, 2.75) is 50.7 Å². The second-order valence-corrected chi connectivity index (χ2v) is 6.01. The van der Waals surface area contributed by atoms with E-state index in [-0.39, 0.29) is 0 Å². The summed E-state index contributed by atoms with van der Waals surface area (Å²) < 4.78 is 0. The first-order valence-electron chi connectivity index (χ1n) is 7.32. The van der Waals surface area contributed by atoms with Crippen molar-refractivity contribution in [1.29, 1.82) is 0 Å². The van der Waals surface area contributed by atoms with Crippen molar-refractivity contribution in [3.63, 3.8) is 0 Å². The Morgan fingerprint density at radius 3 is 2.83 bits per heavy atom. The van der Waals surface area contributed by atoms with Gasteiger partial charge in [-0.25, -0.2) is 0 Å². The molecule has 3 rings (SSSR count). The van der Waals surface area contributed by atoms with Gasteiger partial charge in [0.25, 0.3) is 0 Å². The van der Waals surface area contributed by atoms with E-state index < -0.39 is 0 Å². The molecule has 2 aliphatic heterocycles. The maximum Gasteiger partial charge on any atom is 0.0341 e. The molecule has 1 aromatic rings. The highest BCUT2D eigenvalue weighted by Crippen LogP contribution is 2.39. The topological polar surface area (TPSA) is 15.3 Å². The Labute approximate surface area is 110 Å². The van der Waals surface area contributed by atoms with Crippen molar-refractivity contribution >= 4 is 0 Å². The number of nitrogens with zero attached hydrogens (tertiary/aromatic N) is 1. The zero-order chi connectivity index (χ0) is 12.4. The van der Waals surface area contributed by atoms with Gasteiger partial charge in [-0.3, -0.25) is 4.90 Å². The van der Waals surface area contributed by atoms with Gasteiger partial charge in [-0.05, 0) is 44.7 Å². The summed E-state index contributed by atoms with van der Waals surface area (Å²) in [7, 11) is 0. The van der Waals surface area contributed by atoms with Gasteiger partial charge in [-0.1, -0.05) is 30.3 Å². The first-order valence-corrected chi connectivity index (χ1v) is 7.32. The van der Waals surface area contributed by atoms with Crippen LogP contribution in [0, 0.1) is 0 Å². The lowest BCUT2D eigenvalue weighted by Gasteiger charge is -2.43. The van der Waals surface area contributed by atoms with Crippen LogP contribution in [0.2, 0.25) is 0 Å². The molecule has 0 radical (unpaired) electrons. The minimum absolute atomic E-state index is 0.438. The largest absolute Gasteiger partial charge is 0.315 e. The molecule has 2 fully saturated rings. The standard InChI is InChI=1S/C16H24N2/c1-14-8-10-16(9-5-11-17-13-16)18(14)12-15-6-3-2-4-7-15/h2-4,6-7,14,17H,5,8-13H2,1H3. The molecular weight excluding hydrogens is 220 g/mol. The van der Waals surface area contributed by atoms with Crippen LogP contribution in [0.5, 0.6) is 0 Å². The van der Waals surface area contributed by atoms with E-state index in [1.165, 1.54) is 44.3 Å². The predicted octanol–water partition coefficient (Wildman–Crippen LogP) is 2.79. The second-order valence-electron chi connectivity index (χ2n) is 6.01. The Morgan fingerprint density at radius 2 is 2.11 bits per heavy atom. The smallest absolute Gasteiger partial charge is 0.0341 e. The van der Waals surface area contributed by atoms with Crippen LogP contribution in [-0.2, 0) is 6.54 Å². The lowest BCUT2D eigenvalue weighted by Crippen LogP contribution is -2.55. The van der Waals surface area contributed by atoms with E-state index in [4.69, 9.17) is 0 Å². The van der Waals surface area contributed by atoms with Gasteiger partial charge in [0.1, 0.15) is 0 Å². The van der Waals surface area contributed by atoms with Crippen LogP contribution < -0.4 is 5.32 Å². The number of piperidine rings is 1. The molecule has 2 heterocycles. The van der Waals surface area contributed by atoms with Gasteiger partial charge in [0, 0.05) is 24.7 Å². The zero-order valence-electron chi connectivity index (χ0n) is 11.4. The van der Waals surface area contributed by atoms with Crippen LogP contribution in [0.15, 0.2) is 30.3 Å². The van der Waals surface area contributed by atoms with Crippen molar-refractivity contribution in [2.75, 3.05) is 13.1 Å². The SMILES string of the molecule is CC1CCC2(CCCNC2)N1Cc1ccccc1. The fraction of sp³-hybridized carbons (Fsp3) is 0.625. The fourth-order valence-electron chi connectivity index (χ4n) is 3.76. The van der Waals surface area contributed by atoms with E-state index in [2.05, 4.69) is 47.5 Å². The molecule has 0 saturated carbocycles. The fourth-order valence-corrected chi connectivity index (χ4v) is 3.76. The van der Waals surface area contributed by atoms with Crippen molar-refractivity contribution in [3.8, 4) is 0 Å². The number of likely N-dealkylation sites (tertiary alicyclic amines) is 1. The maximum absolute atomic E-state index is 3.61. The quantitative estimate of drug-likeness (QED) is 0.860. The van der Waals surface area contributed by atoms with Gasteiger partial charge in [-0.15, -0.1) is 0 Å². The molecule has 98 valence electrons. The van der Waals surface area contributed by atoms with Gasteiger partial charge < -0.3 is 5.32 Å². The summed E-state index contributed by atoms with van der Waals surface area (Å²) in [6, 6.07) is 11.7. The van der Waals surface area contributed by atoms with E-state index in [9.17, 15) is 0 Å². The van der Waals surface area contributed by atoms with Crippen molar-refractivity contribution < 1.29 is 0 Å². The Balaban J connectivity index is 1.79. The molecule has 0 amide bonds. The third kappa shape index (κ3) is 2.19. The Bertz CT molecular complexity index is 376. The van der Waals surface area contributed by atoms with Crippen LogP contribution in [0.1, 0.15) is 38.2 Å². The molecule has 1 aromatic carbocycles. The second kappa shape index (κ2) is 5.02. The third-order valence-corrected chi connectivity index (χ3v) is 4.81. The summed E-state index contributed by atoms with van der Waals surface area (Å²) in [6.07, 6.45) is 5.43. The summed E-state index contributed by atoms with van der Waals surface area (Å²) in [4.78, 5) is 2.76. The highest BCUT2D eigenvalue weighted by Gasteiger charge is 2.44. The maximum atomic E-state index is 3.61. The van der Waals surface area contributed by atoms with E-state index in [0.717, 1.165) is 12.6 Å². The molecule has 1 spiro atoms. The van der Waals surface area contributed by atoms with Crippen LogP contribution in [0.25, 0.3) is 0 Å². The normalized spacial score (nSPS) is 33.1. The lowest BCUT2D eigenvalue weighted by atomic mass is 9.87. The average molecular weight is 244 g/mol. The van der Waals surface area contributed by atoms with E-state index in [0.29, 0.717) is 5.54 Å². The average Bonchev–Trinajstić information content (AvgIpc) is 2.71. The number of benzene rings is 1. The van der Waals surface area contributed by atoms with Gasteiger partial charge in [0.05, 0.1) is 0 Å². The third-order valence-electron chi connectivity index (χ3n) is 4.81. The Hall–Kier alpha value is -0.860.